The fourth-order valence-corrected chi connectivity index (χ4v) is 1.65. The SMILES string of the molecule is CCCc1cc(CSCC(=O)O)on1. The molecule has 0 spiro atoms. The van der Waals surface area contributed by atoms with Crippen molar-refractivity contribution in [3.8, 4) is 0 Å². The first kappa shape index (κ1) is 11.1. The van der Waals surface area contributed by atoms with Gasteiger partial charge in [-0.05, 0) is 6.42 Å². The third kappa shape index (κ3) is 3.83. The summed E-state index contributed by atoms with van der Waals surface area (Å²) < 4.78 is 5.04. The Bertz CT molecular complexity index is 298. The summed E-state index contributed by atoms with van der Waals surface area (Å²) in [5.41, 5.74) is 0.943. The van der Waals surface area contributed by atoms with E-state index in [2.05, 4.69) is 12.1 Å². The van der Waals surface area contributed by atoms with Gasteiger partial charge in [-0.15, -0.1) is 11.8 Å². The molecule has 0 aliphatic carbocycles. The summed E-state index contributed by atoms with van der Waals surface area (Å²) in [6, 6.07) is 1.89. The van der Waals surface area contributed by atoms with Crippen molar-refractivity contribution < 1.29 is 14.4 Å². The van der Waals surface area contributed by atoms with Gasteiger partial charge in [0.25, 0.3) is 0 Å². The van der Waals surface area contributed by atoms with Crippen molar-refractivity contribution in [1.29, 1.82) is 0 Å². The van der Waals surface area contributed by atoms with E-state index in [1.807, 2.05) is 6.07 Å². The summed E-state index contributed by atoms with van der Waals surface area (Å²) in [6.07, 6.45) is 1.95. The fraction of sp³-hybridized carbons (Fsp3) is 0.556. The van der Waals surface area contributed by atoms with Crippen LogP contribution in [0.5, 0.6) is 0 Å². The molecule has 1 N–H and O–H groups in total. The molecule has 1 rings (SSSR count). The number of carboxylic acid groups (broad SMARTS) is 1. The first-order chi connectivity index (χ1) is 6.72. The predicted octanol–water partition coefficient (Wildman–Crippen LogP) is 1.94. The number of aryl methyl sites for hydroxylation is 1. The molecule has 0 unspecified atom stereocenters. The van der Waals surface area contributed by atoms with Crippen LogP contribution in [0, 0.1) is 0 Å². The van der Waals surface area contributed by atoms with Gasteiger partial charge in [-0.25, -0.2) is 0 Å². The summed E-state index contributed by atoms with van der Waals surface area (Å²) in [6.45, 7) is 2.08. The molecule has 5 heteroatoms. The first-order valence-corrected chi connectivity index (χ1v) is 5.62. The van der Waals surface area contributed by atoms with Crippen molar-refractivity contribution >= 4 is 17.7 Å². The van der Waals surface area contributed by atoms with Crippen LogP contribution >= 0.6 is 11.8 Å². The molecule has 0 aliphatic rings. The first-order valence-electron chi connectivity index (χ1n) is 4.46. The second-order valence-corrected chi connectivity index (χ2v) is 3.91. The van der Waals surface area contributed by atoms with Gasteiger partial charge in [-0.1, -0.05) is 18.5 Å². The highest BCUT2D eigenvalue weighted by Crippen LogP contribution is 2.13. The molecular formula is C9H13NO3S. The Balaban J connectivity index is 2.32. The van der Waals surface area contributed by atoms with Crippen LogP contribution < -0.4 is 0 Å². The standard InChI is InChI=1S/C9H13NO3S/c1-2-3-7-4-8(13-10-7)5-14-6-9(11)12/h4H,2-3,5-6H2,1H3,(H,11,12). The molecule has 0 saturated carbocycles. The summed E-state index contributed by atoms with van der Waals surface area (Å²) >= 11 is 1.31. The van der Waals surface area contributed by atoms with Crippen LogP contribution in [0.15, 0.2) is 10.6 Å². The molecular weight excluding hydrogens is 202 g/mol. The lowest BCUT2D eigenvalue weighted by Crippen LogP contribution is -1.97. The zero-order valence-electron chi connectivity index (χ0n) is 8.02. The van der Waals surface area contributed by atoms with E-state index in [0.29, 0.717) is 5.75 Å². The smallest absolute Gasteiger partial charge is 0.313 e. The Morgan fingerprint density at radius 1 is 1.71 bits per heavy atom. The van der Waals surface area contributed by atoms with Crippen LogP contribution in [0.3, 0.4) is 0 Å². The molecule has 1 aromatic heterocycles. The highest BCUT2D eigenvalue weighted by molar-refractivity contribution is 7.99. The van der Waals surface area contributed by atoms with Crippen molar-refractivity contribution in [1.82, 2.24) is 5.16 Å². The molecule has 0 saturated heterocycles. The van der Waals surface area contributed by atoms with E-state index in [4.69, 9.17) is 9.63 Å². The van der Waals surface area contributed by atoms with E-state index in [1.54, 1.807) is 0 Å². The maximum Gasteiger partial charge on any atom is 0.313 e. The molecule has 1 aromatic rings. The minimum atomic E-state index is -0.803. The molecule has 0 bridgehead atoms. The maximum absolute atomic E-state index is 10.2. The van der Waals surface area contributed by atoms with Gasteiger partial charge in [0.2, 0.25) is 0 Å². The Morgan fingerprint density at radius 3 is 3.14 bits per heavy atom. The fourth-order valence-electron chi connectivity index (χ4n) is 1.04. The highest BCUT2D eigenvalue weighted by atomic mass is 32.2. The van der Waals surface area contributed by atoms with E-state index < -0.39 is 5.97 Å². The minimum absolute atomic E-state index is 0.101. The van der Waals surface area contributed by atoms with Gasteiger partial charge in [0.05, 0.1) is 17.2 Å². The minimum Gasteiger partial charge on any atom is -0.481 e. The van der Waals surface area contributed by atoms with Gasteiger partial charge in [0.15, 0.2) is 0 Å². The van der Waals surface area contributed by atoms with Crippen molar-refractivity contribution in [3.63, 3.8) is 0 Å². The number of aromatic nitrogens is 1. The lowest BCUT2D eigenvalue weighted by molar-refractivity contribution is -0.133. The molecule has 14 heavy (non-hydrogen) atoms. The van der Waals surface area contributed by atoms with Gasteiger partial charge in [0, 0.05) is 6.07 Å². The van der Waals surface area contributed by atoms with Crippen LogP contribution in [-0.4, -0.2) is 22.0 Å². The normalized spacial score (nSPS) is 10.4. The third-order valence-corrected chi connectivity index (χ3v) is 2.52. The van der Waals surface area contributed by atoms with Crippen LogP contribution in [0.2, 0.25) is 0 Å². The molecule has 0 aliphatic heterocycles. The van der Waals surface area contributed by atoms with Gasteiger partial charge < -0.3 is 9.63 Å². The molecule has 4 nitrogen and oxygen atoms in total. The lowest BCUT2D eigenvalue weighted by Gasteiger charge is -1.91. The molecule has 0 aromatic carbocycles. The van der Waals surface area contributed by atoms with E-state index in [0.717, 1.165) is 24.3 Å². The van der Waals surface area contributed by atoms with E-state index in [9.17, 15) is 4.79 Å². The van der Waals surface area contributed by atoms with Crippen molar-refractivity contribution in [3.05, 3.63) is 17.5 Å². The van der Waals surface area contributed by atoms with Crippen LogP contribution in [0.25, 0.3) is 0 Å². The summed E-state index contributed by atoms with van der Waals surface area (Å²) in [5.74, 6) is 0.621. The second-order valence-electron chi connectivity index (χ2n) is 2.92. The summed E-state index contributed by atoms with van der Waals surface area (Å²) in [4.78, 5) is 10.2. The Labute approximate surface area is 86.7 Å². The van der Waals surface area contributed by atoms with E-state index in [-0.39, 0.29) is 5.75 Å². The largest absolute Gasteiger partial charge is 0.481 e. The zero-order valence-corrected chi connectivity index (χ0v) is 8.84. The van der Waals surface area contributed by atoms with Crippen LogP contribution in [0.1, 0.15) is 24.8 Å². The van der Waals surface area contributed by atoms with Gasteiger partial charge in [0.1, 0.15) is 5.76 Å². The molecule has 78 valence electrons. The lowest BCUT2D eigenvalue weighted by atomic mass is 10.2. The Kier molecular flexibility index (Phi) is 4.52. The molecule has 1 heterocycles. The van der Waals surface area contributed by atoms with Crippen molar-refractivity contribution in [2.45, 2.75) is 25.5 Å². The predicted molar refractivity (Wildman–Crippen MR) is 54.3 cm³/mol. The van der Waals surface area contributed by atoms with E-state index in [1.165, 1.54) is 11.8 Å². The third-order valence-electron chi connectivity index (χ3n) is 1.58. The quantitative estimate of drug-likeness (QED) is 0.785. The number of hydrogen-bond acceptors (Lipinski definition) is 4. The number of carbonyl (C=O) groups is 1. The van der Waals surface area contributed by atoms with Gasteiger partial charge >= 0.3 is 5.97 Å². The zero-order chi connectivity index (χ0) is 10.4. The van der Waals surface area contributed by atoms with Crippen LogP contribution in [-0.2, 0) is 17.0 Å². The number of hydrogen-bond donors (Lipinski definition) is 1. The van der Waals surface area contributed by atoms with Gasteiger partial charge in [-0.3, -0.25) is 4.79 Å². The topological polar surface area (TPSA) is 63.3 Å². The van der Waals surface area contributed by atoms with Crippen molar-refractivity contribution in [2.75, 3.05) is 5.75 Å². The number of carboxylic acids is 1. The van der Waals surface area contributed by atoms with E-state index >= 15 is 0 Å². The Morgan fingerprint density at radius 2 is 2.50 bits per heavy atom. The maximum atomic E-state index is 10.2. The van der Waals surface area contributed by atoms with Crippen LogP contribution in [0.4, 0.5) is 0 Å². The highest BCUT2D eigenvalue weighted by Gasteiger charge is 2.04. The average molecular weight is 215 g/mol. The second kappa shape index (κ2) is 5.70. The number of aliphatic carboxylic acids is 1. The number of thioether (sulfide) groups is 1. The summed E-state index contributed by atoms with van der Waals surface area (Å²) in [7, 11) is 0. The molecule has 0 fully saturated rings. The molecule has 0 atom stereocenters. The molecule has 0 amide bonds. The number of rotatable bonds is 6. The monoisotopic (exact) mass is 215 g/mol. The average Bonchev–Trinajstić information content (AvgIpc) is 2.53. The summed E-state index contributed by atoms with van der Waals surface area (Å²) in [5, 5.41) is 12.3. The van der Waals surface area contributed by atoms with Gasteiger partial charge in [-0.2, -0.15) is 0 Å². The molecule has 0 radical (unpaired) electrons. The Hall–Kier alpha value is -0.970. The van der Waals surface area contributed by atoms with Crippen molar-refractivity contribution in [2.24, 2.45) is 0 Å². The number of nitrogens with zero attached hydrogens (tertiary/aromatic N) is 1.